The van der Waals surface area contributed by atoms with Gasteiger partial charge in [0, 0.05) is 22.7 Å². The summed E-state index contributed by atoms with van der Waals surface area (Å²) in [6.45, 7) is 3.63. The molecular weight excluding hydrogens is 382 g/mol. The molecule has 3 aromatic rings. The highest BCUT2D eigenvalue weighted by atomic mass is 16.5. The molecule has 152 valence electrons. The van der Waals surface area contributed by atoms with E-state index in [0.29, 0.717) is 11.3 Å². The first-order chi connectivity index (χ1) is 14.4. The van der Waals surface area contributed by atoms with Crippen molar-refractivity contribution < 1.29 is 19.1 Å². The van der Waals surface area contributed by atoms with Gasteiger partial charge in [0.25, 0.3) is 11.8 Å². The van der Waals surface area contributed by atoms with Crippen LogP contribution in [0.2, 0.25) is 0 Å². The summed E-state index contributed by atoms with van der Waals surface area (Å²) in [5, 5.41) is 2.06. The van der Waals surface area contributed by atoms with E-state index in [2.05, 4.69) is 5.43 Å². The Hall–Kier alpha value is -3.87. The molecule has 0 aliphatic carbocycles. The number of hydrazine groups is 1. The van der Waals surface area contributed by atoms with Crippen LogP contribution in [0.5, 0.6) is 0 Å². The number of anilines is 1. The quantitative estimate of drug-likeness (QED) is 0.403. The number of para-hydroxylation sites is 2. The molecule has 2 aromatic carbocycles. The fourth-order valence-electron chi connectivity index (χ4n) is 3.43. The van der Waals surface area contributed by atoms with Crippen molar-refractivity contribution in [1.82, 2.24) is 9.99 Å². The Morgan fingerprint density at radius 2 is 1.77 bits per heavy atom. The predicted octanol–water partition coefficient (Wildman–Crippen LogP) is 3.05. The zero-order valence-electron chi connectivity index (χ0n) is 16.7. The van der Waals surface area contributed by atoms with Gasteiger partial charge in [0.05, 0.1) is 11.8 Å². The largest absolute Gasteiger partial charge is 0.462 e. The molecule has 7 heteroatoms. The summed E-state index contributed by atoms with van der Waals surface area (Å²) in [5.74, 6) is -1.25. The molecule has 1 saturated heterocycles. The summed E-state index contributed by atoms with van der Waals surface area (Å²) < 4.78 is 7.01. The van der Waals surface area contributed by atoms with Crippen LogP contribution < -0.4 is 10.4 Å². The van der Waals surface area contributed by atoms with Gasteiger partial charge in [-0.05, 0) is 38.1 Å². The molecule has 4 rings (SSSR count). The third-order valence-corrected chi connectivity index (χ3v) is 4.69. The molecular formula is C23H21N3O4. The predicted molar refractivity (Wildman–Crippen MR) is 113 cm³/mol. The summed E-state index contributed by atoms with van der Waals surface area (Å²) in [7, 11) is 0. The Bertz CT molecular complexity index is 1160. The summed E-state index contributed by atoms with van der Waals surface area (Å²) in [4.78, 5) is 37.5. The molecule has 0 atom stereocenters. The summed E-state index contributed by atoms with van der Waals surface area (Å²) in [6.07, 6.45) is 3.11. The molecule has 0 saturated carbocycles. The first-order valence-corrected chi connectivity index (χ1v) is 9.63. The van der Waals surface area contributed by atoms with E-state index in [-0.39, 0.29) is 24.2 Å². The minimum Gasteiger partial charge on any atom is -0.462 e. The van der Waals surface area contributed by atoms with Gasteiger partial charge >= 0.3 is 5.97 Å². The Balaban J connectivity index is 1.70. The summed E-state index contributed by atoms with van der Waals surface area (Å²) >= 11 is 0. The van der Waals surface area contributed by atoms with Crippen molar-refractivity contribution in [3.63, 3.8) is 0 Å². The molecule has 1 aromatic heterocycles. The number of carbonyl (C=O) groups excluding carboxylic acids is 3. The number of benzene rings is 2. The molecule has 2 heterocycles. The van der Waals surface area contributed by atoms with Gasteiger partial charge in [0.2, 0.25) is 0 Å². The fraction of sp³-hybridized carbons (Fsp3) is 0.174. The number of hydrogen-bond donors (Lipinski definition) is 1. The van der Waals surface area contributed by atoms with Crippen LogP contribution in [0.4, 0.5) is 5.69 Å². The Labute approximate surface area is 173 Å². The fourth-order valence-corrected chi connectivity index (χ4v) is 3.43. The van der Waals surface area contributed by atoms with Crippen molar-refractivity contribution in [3.8, 4) is 0 Å². The molecule has 0 radical (unpaired) electrons. The lowest BCUT2D eigenvalue weighted by Gasteiger charge is -2.13. The van der Waals surface area contributed by atoms with Gasteiger partial charge in [0.1, 0.15) is 12.1 Å². The van der Waals surface area contributed by atoms with Gasteiger partial charge in [-0.25, -0.2) is 5.01 Å². The van der Waals surface area contributed by atoms with Gasteiger partial charge in [-0.1, -0.05) is 36.4 Å². The molecule has 1 fully saturated rings. The zero-order valence-corrected chi connectivity index (χ0v) is 16.7. The number of nitrogens with zero attached hydrogens (tertiary/aromatic N) is 2. The molecule has 0 unspecified atom stereocenters. The standard InChI is InChI=1S/C23H21N3O4/c1-15(2)30-21(27)14-25-13-16(18-10-6-7-11-20(18)25)12-19-22(28)24-26(23(19)29)17-8-4-3-5-9-17/h3-13,15H,14H2,1-2H3,(H,24,28)/b19-12-. The van der Waals surface area contributed by atoms with Crippen LogP contribution in [0.3, 0.4) is 0 Å². The minimum atomic E-state index is -0.472. The molecule has 1 aliphatic rings. The number of fused-ring (bicyclic) bond motifs is 1. The third kappa shape index (κ3) is 3.69. The number of aromatic nitrogens is 1. The highest BCUT2D eigenvalue weighted by Crippen LogP contribution is 2.26. The van der Waals surface area contributed by atoms with Gasteiger partial charge in [0.15, 0.2) is 0 Å². The molecule has 1 N–H and O–H groups in total. The average Bonchev–Trinajstić information content (AvgIpc) is 3.20. The summed E-state index contributed by atoms with van der Waals surface area (Å²) in [5.41, 5.74) is 4.70. The molecule has 0 bridgehead atoms. The zero-order chi connectivity index (χ0) is 21.3. The van der Waals surface area contributed by atoms with E-state index in [4.69, 9.17) is 4.74 Å². The van der Waals surface area contributed by atoms with Crippen molar-refractivity contribution in [2.45, 2.75) is 26.5 Å². The second-order valence-corrected chi connectivity index (χ2v) is 7.24. The Morgan fingerprint density at radius 3 is 2.50 bits per heavy atom. The highest BCUT2D eigenvalue weighted by Gasteiger charge is 2.34. The van der Waals surface area contributed by atoms with Crippen molar-refractivity contribution >= 4 is 40.4 Å². The van der Waals surface area contributed by atoms with E-state index in [1.165, 1.54) is 5.01 Å². The highest BCUT2D eigenvalue weighted by molar-refractivity contribution is 6.32. The van der Waals surface area contributed by atoms with Crippen LogP contribution in [0.25, 0.3) is 17.0 Å². The van der Waals surface area contributed by atoms with Crippen LogP contribution in [-0.4, -0.2) is 28.5 Å². The Kier molecular flexibility index (Phi) is 5.10. The molecule has 2 amide bonds. The average molecular weight is 403 g/mol. The first-order valence-electron chi connectivity index (χ1n) is 9.63. The van der Waals surface area contributed by atoms with E-state index in [1.807, 2.05) is 30.3 Å². The van der Waals surface area contributed by atoms with Crippen LogP contribution in [0, 0.1) is 0 Å². The lowest BCUT2D eigenvalue weighted by atomic mass is 10.1. The van der Waals surface area contributed by atoms with Crippen LogP contribution in [-0.2, 0) is 25.7 Å². The minimum absolute atomic E-state index is 0.0338. The smallest absolute Gasteiger partial charge is 0.326 e. The number of nitrogens with one attached hydrogen (secondary N) is 1. The Morgan fingerprint density at radius 1 is 1.07 bits per heavy atom. The lowest BCUT2D eigenvalue weighted by Crippen LogP contribution is -2.35. The van der Waals surface area contributed by atoms with Gasteiger partial charge in [-0.3, -0.25) is 19.8 Å². The maximum atomic E-state index is 12.9. The molecule has 30 heavy (non-hydrogen) atoms. The van der Waals surface area contributed by atoms with Crippen molar-refractivity contribution in [2.75, 3.05) is 5.01 Å². The van der Waals surface area contributed by atoms with Gasteiger partial charge < -0.3 is 9.30 Å². The number of hydrogen-bond acceptors (Lipinski definition) is 4. The van der Waals surface area contributed by atoms with Gasteiger partial charge in [-0.15, -0.1) is 0 Å². The first kappa shape index (κ1) is 19.4. The number of esters is 1. The van der Waals surface area contributed by atoms with Crippen LogP contribution in [0.1, 0.15) is 19.4 Å². The monoisotopic (exact) mass is 403 g/mol. The third-order valence-electron chi connectivity index (χ3n) is 4.69. The van der Waals surface area contributed by atoms with E-state index in [1.54, 1.807) is 55.0 Å². The van der Waals surface area contributed by atoms with Crippen LogP contribution >= 0.6 is 0 Å². The van der Waals surface area contributed by atoms with Crippen molar-refractivity contribution in [2.24, 2.45) is 0 Å². The summed E-state index contributed by atoms with van der Waals surface area (Å²) in [6, 6.07) is 16.4. The van der Waals surface area contributed by atoms with Crippen molar-refractivity contribution in [3.05, 3.63) is 71.9 Å². The second kappa shape index (κ2) is 7.87. The topological polar surface area (TPSA) is 80.6 Å². The van der Waals surface area contributed by atoms with Crippen LogP contribution in [0.15, 0.2) is 66.4 Å². The molecule has 0 spiro atoms. The van der Waals surface area contributed by atoms with E-state index >= 15 is 0 Å². The second-order valence-electron chi connectivity index (χ2n) is 7.24. The van der Waals surface area contributed by atoms with E-state index in [9.17, 15) is 14.4 Å². The van der Waals surface area contributed by atoms with E-state index in [0.717, 1.165) is 10.9 Å². The van der Waals surface area contributed by atoms with Crippen molar-refractivity contribution in [1.29, 1.82) is 0 Å². The molecule has 1 aliphatic heterocycles. The maximum Gasteiger partial charge on any atom is 0.326 e. The number of carbonyl (C=O) groups is 3. The molecule has 7 nitrogen and oxygen atoms in total. The number of ether oxygens (including phenoxy) is 1. The van der Waals surface area contributed by atoms with E-state index < -0.39 is 11.8 Å². The maximum absolute atomic E-state index is 12.9. The SMILES string of the molecule is CC(C)OC(=O)Cn1cc(/C=C2/C(=O)NN(c3ccccc3)C2=O)c2ccccc21. The van der Waals surface area contributed by atoms with Gasteiger partial charge in [-0.2, -0.15) is 0 Å². The normalized spacial score (nSPS) is 15.3. The number of amides is 2. The number of rotatable bonds is 5. The lowest BCUT2D eigenvalue weighted by molar-refractivity contribution is -0.148.